The van der Waals surface area contributed by atoms with Crippen LogP contribution in [-0.4, -0.2) is 30.3 Å². The summed E-state index contributed by atoms with van der Waals surface area (Å²) in [7, 11) is 3.24. The van der Waals surface area contributed by atoms with E-state index in [2.05, 4.69) is 15.5 Å². The van der Waals surface area contributed by atoms with Gasteiger partial charge in [-0.1, -0.05) is 23.2 Å². The summed E-state index contributed by atoms with van der Waals surface area (Å²) < 4.78 is 10.6. The minimum Gasteiger partial charge on any atom is -0.497 e. The fraction of sp³-hybridized carbons (Fsp3) is 0.200. The Hall–Kier alpha value is -2.70. The standard InChI is InChI=1S/C20H19Cl2N3O3/c1-27-15-7-12(8-16(11-15)28-2)3-5-14-10-19(25-24-14)23-20(26)17-6-4-13(21)9-18(17)22/h4,6-11H,3,5H2,1-2H3,(H2,23,24,25,26). The number of aromatic nitrogens is 2. The summed E-state index contributed by atoms with van der Waals surface area (Å²) in [5, 5.41) is 10.5. The van der Waals surface area contributed by atoms with Crippen molar-refractivity contribution in [3.63, 3.8) is 0 Å². The van der Waals surface area contributed by atoms with E-state index in [4.69, 9.17) is 32.7 Å². The minimum atomic E-state index is -0.350. The van der Waals surface area contributed by atoms with Gasteiger partial charge in [-0.15, -0.1) is 0 Å². The molecule has 0 aliphatic heterocycles. The molecular formula is C20H19Cl2N3O3. The van der Waals surface area contributed by atoms with Gasteiger partial charge in [-0.3, -0.25) is 9.89 Å². The Kier molecular flexibility index (Phi) is 6.44. The van der Waals surface area contributed by atoms with Gasteiger partial charge in [-0.25, -0.2) is 0 Å². The van der Waals surface area contributed by atoms with Gasteiger partial charge in [-0.05, 0) is 48.7 Å². The van der Waals surface area contributed by atoms with Crippen molar-refractivity contribution in [3.05, 3.63) is 69.3 Å². The predicted octanol–water partition coefficient (Wildman–Crippen LogP) is 4.77. The zero-order valence-electron chi connectivity index (χ0n) is 15.4. The van der Waals surface area contributed by atoms with Crippen LogP contribution in [0.1, 0.15) is 21.6 Å². The molecule has 6 nitrogen and oxygen atoms in total. The van der Waals surface area contributed by atoms with Crippen LogP contribution in [0, 0.1) is 0 Å². The van der Waals surface area contributed by atoms with E-state index < -0.39 is 0 Å². The van der Waals surface area contributed by atoms with Crippen LogP contribution >= 0.6 is 23.2 Å². The summed E-state index contributed by atoms with van der Waals surface area (Å²) >= 11 is 11.9. The second kappa shape index (κ2) is 8.99. The first-order valence-corrected chi connectivity index (χ1v) is 9.26. The molecule has 3 aromatic rings. The molecule has 3 rings (SSSR count). The topological polar surface area (TPSA) is 76.2 Å². The first-order chi connectivity index (χ1) is 13.5. The number of amides is 1. The second-order valence-electron chi connectivity index (χ2n) is 6.08. The van der Waals surface area contributed by atoms with Gasteiger partial charge in [0.1, 0.15) is 11.5 Å². The Labute approximate surface area is 172 Å². The lowest BCUT2D eigenvalue weighted by Crippen LogP contribution is -2.12. The molecular weight excluding hydrogens is 401 g/mol. The van der Waals surface area contributed by atoms with Crippen molar-refractivity contribution in [1.82, 2.24) is 10.2 Å². The van der Waals surface area contributed by atoms with E-state index in [0.717, 1.165) is 29.2 Å². The number of H-pyrrole nitrogens is 1. The number of aromatic amines is 1. The van der Waals surface area contributed by atoms with Crippen molar-refractivity contribution in [2.24, 2.45) is 0 Å². The maximum Gasteiger partial charge on any atom is 0.258 e. The van der Waals surface area contributed by atoms with Gasteiger partial charge >= 0.3 is 0 Å². The number of carbonyl (C=O) groups excluding carboxylic acids is 1. The first-order valence-electron chi connectivity index (χ1n) is 8.51. The molecule has 0 atom stereocenters. The van der Waals surface area contributed by atoms with Crippen molar-refractivity contribution >= 4 is 34.9 Å². The third-order valence-electron chi connectivity index (χ3n) is 4.14. The number of nitrogens with zero attached hydrogens (tertiary/aromatic N) is 1. The molecule has 0 unspecified atom stereocenters. The van der Waals surface area contributed by atoms with Crippen LogP contribution in [-0.2, 0) is 12.8 Å². The van der Waals surface area contributed by atoms with Crippen LogP contribution in [0.4, 0.5) is 5.82 Å². The number of benzene rings is 2. The summed E-state index contributed by atoms with van der Waals surface area (Å²) in [5.41, 5.74) is 2.29. The molecule has 0 aliphatic rings. The normalized spacial score (nSPS) is 10.6. The Morgan fingerprint density at radius 1 is 1.04 bits per heavy atom. The molecule has 0 saturated carbocycles. The molecule has 1 aromatic heterocycles. The molecule has 8 heteroatoms. The molecule has 1 amide bonds. The number of carbonyl (C=O) groups is 1. The van der Waals surface area contributed by atoms with E-state index in [0.29, 0.717) is 22.8 Å². The van der Waals surface area contributed by atoms with Gasteiger partial charge in [-0.2, -0.15) is 5.10 Å². The lowest BCUT2D eigenvalue weighted by molar-refractivity contribution is 0.102. The quantitative estimate of drug-likeness (QED) is 0.577. The molecule has 2 aromatic carbocycles. The van der Waals surface area contributed by atoms with Gasteiger partial charge in [0.05, 0.1) is 24.8 Å². The van der Waals surface area contributed by atoms with Gasteiger partial charge in [0.15, 0.2) is 5.82 Å². The molecule has 1 heterocycles. The average molecular weight is 420 g/mol. The van der Waals surface area contributed by atoms with Crippen LogP contribution in [0.2, 0.25) is 10.0 Å². The molecule has 0 saturated heterocycles. The number of hydrogen-bond donors (Lipinski definition) is 2. The Morgan fingerprint density at radius 3 is 2.39 bits per heavy atom. The van der Waals surface area contributed by atoms with Gasteiger partial charge < -0.3 is 14.8 Å². The lowest BCUT2D eigenvalue weighted by Gasteiger charge is -2.08. The summed E-state index contributed by atoms with van der Waals surface area (Å²) in [6, 6.07) is 12.3. The number of rotatable bonds is 7. The average Bonchev–Trinajstić information content (AvgIpc) is 3.13. The molecule has 0 bridgehead atoms. The molecule has 0 radical (unpaired) electrons. The number of halogens is 2. The van der Waals surface area contributed by atoms with E-state index in [-0.39, 0.29) is 10.9 Å². The van der Waals surface area contributed by atoms with E-state index in [1.54, 1.807) is 32.4 Å². The van der Waals surface area contributed by atoms with Crippen molar-refractivity contribution in [2.45, 2.75) is 12.8 Å². The summed E-state index contributed by atoms with van der Waals surface area (Å²) in [6.45, 7) is 0. The monoisotopic (exact) mass is 419 g/mol. The van der Waals surface area contributed by atoms with Crippen molar-refractivity contribution in [3.8, 4) is 11.5 Å². The molecule has 146 valence electrons. The number of ether oxygens (including phenoxy) is 2. The number of methoxy groups -OCH3 is 2. The maximum absolute atomic E-state index is 12.4. The van der Waals surface area contributed by atoms with Crippen molar-refractivity contribution < 1.29 is 14.3 Å². The Morgan fingerprint density at radius 2 is 1.75 bits per heavy atom. The zero-order chi connectivity index (χ0) is 20.1. The van der Waals surface area contributed by atoms with E-state index in [1.165, 1.54) is 6.07 Å². The third kappa shape index (κ3) is 4.97. The molecule has 0 spiro atoms. The maximum atomic E-state index is 12.4. The van der Waals surface area contributed by atoms with Gasteiger partial charge in [0, 0.05) is 22.8 Å². The highest BCUT2D eigenvalue weighted by Crippen LogP contribution is 2.24. The second-order valence-corrected chi connectivity index (χ2v) is 6.92. The highest BCUT2D eigenvalue weighted by molar-refractivity contribution is 6.37. The van der Waals surface area contributed by atoms with Crippen LogP contribution in [0.3, 0.4) is 0 Å². The SMILES string of the molecule is COc1cc(CCc2cc(NC(=O)c3ccc(Cl)cc3Cl)n[nH]2)cc(OC)c1. The summed E-state index contributed by atoms with van der Waals surface area (Å²) in [6.07, 6.45) is 1.47. The van der Waals surface area contributed by atoms with Gasteiger partial charge in [0.2, 0.25) is 0 Å². The summed E-state index contributed by atoms with van der Waals surface area (Å²) in [5.74, 6) is 1.56. The van der Waals surface area contributed by atoms with Crippen molar-refractivity contribution in [1.29, 1.82) is 0 Å². The van der Waals surface area contributed by atoms with Crippen LogP contribution in [0.15, 0.2) is 42.5 Å². The zero-order valence-corrected chi connectivity index (χ0v) is 16.9. The minimum absolute atomic E-state index is 0.285. The fourth-order valence-electron chi connectivity index (χ4n) is 2.70. The molecule has 0 fully saturated rings. The first kappa shape index (κ1) is 20.0. The van der Waals surface area contributed by atoms with Gasteiger partial charge in [0.25, 0.3) is 5.91 Å². The Bertz CT molecular complexity index is 966. The largest absolute Gasteiger partial charge is 0.497 e. The molecule has 2 N–H and O–H groups in total. The Balaban J connectivity index is 1.63. The highest BCUT2D eigenvalue weighted by atomic mass is 35.5. The van der Waals surface area contributed by atoms with E-state index >= 15 is 0 Å². The van der Waals surface area contributed by atoms with Crippen LogP contribution in [0.25, 0.3) is 0 Å². The number of aryl methyl sites for hydroxylation is 2. The van der Waals surface area contributed by atoms with Crippen molar-refractivity contribution in [2.75, 3.05) is 19.5 Å². The van der Waals surface area contributed by atoms with Crippen LogP contribution in [0.5, 0.6) is 11.5 Å². The number of anilines is 1. The molecule has 0 aliphatic carbocycles. The predicted molar refractivity (Wildman–Crippen MR) is 110 cm³/mol. The van der Waals surface area contributed by atoms with E-state index in [9.17, 15) is 4.79 Å². The third-order valence-corrected chi connectivity index (χ3v) is 4.69. The number of nitrogens with one attached hydrogen (secondary N) is 2. The summed E-state index contributed by atoms with van der Waals surface area (Å²) in [4.78, 5) is 12.4. The van der Waals surface area contributed by atoms with E-state index in [1.807, 2.05) is 18.2 Å². The smallest absolute Gasteiger partial charge is 0.258 e. The lowest BCUT2D eigenvalue weighted by atomic mass is 10.1. The fourth-order valence-corrected chi connectivity index (χ4v) is 3.20. The number of hydrogen-bond acceptors (Lipinski definition) is 4. The highest BCUT2D eigenvalue weighted by Gasteiger charge is 2.13. The molecule has 28 heavy (non-hydrogen) atoms. The van der Waals surface area contributed by atoms with Crippen LogP contribution < -0.4 is 14.8 Å².